The zero-order valence-corrected chi connectivity index (χ0v) is 17.1. The van der Waals surface area contributed by atoms with Crippen molar-refractivity contribution in [2.75, 3.05) is 24.2 Å². The lowest BCUT2D eigenvalue weighted by Gasteiger charge is -2.31. The van der Waals surface area contributed by atoms with Crippen molar-refractivity contribution in [2.24, 2.45) is 5.92 Å². The van der Waals surface area contributed by atoms with Gasteiger partial charge in [-0.2, -0.15) is 0 Å². The first kappa shape index (κ1) is 20.9. The SMILES string of the molecule is CCCCS(=O)(=O)N1CCC(C(=O)Nc2c(CC)cccc2CC)CC1. The fourth-order valence-electron chi connectivity index (χ4n) is 3.48. The van der Waals surface area contributed by atoms with Gasteiger partial charge in [-0.1, -0.05) is 45.4 Å². The fraction of sp³-hybridized carbons (Fsp3) is 0.650. The van der Waals surface area contributed by atoms with Crippen molar-refractivity contribution < 1.29 is 13.2 Å². The average Bonchev–Trinajstić information content (AvgIpc) is 2.66. The van der Waals surface area contributed by atoms with Gasteiger partial charge in [0, 0.05) is 24.7 Å². The first-order valence-corrected chi connectivity index (χ1v) is 11.4. The summed E-state index contributed by atoms with van der Waals surface area (Å²) in [5, 5.41) is 3.13. The van der Waals surface area contributed by atoms with Gasteiger partial charge in [0.15, 0.2) is 0 Å². The minimum absolute atomic E-state index is 0.0196. The molecule has 1 fully saturated rings. The van der Waals surface area contributed by atoms with E-state index in [2.05, 4.69) is 31.3 Å². The van der Waals surface area contributed by atoms with Crippen molar-refractivity contribution in [1.82, 2.24) is 4.31 Å². The second-order valence-corrected chi connectivity index (χ2v) is 9.08. The van der Waals surface area contributed by atoms with Crippen LogP contribution < -0.4 is 5.32 Å². The lowest BCUT2D eigenvalue weighted by atomic mass is 9.96. The molecule has 0 spiro atoms. The van der Waals surface area contributed by atoms with Gasteiger partial charge in [0.25, 0.3) is 0 Å². The minimum atomic E-state index is -3.17. The van der Waals surface area contributed by atoms with Gasteiger partial charge in [-0.25, -0.2) is 12.7 Å². The number of rotatable bonds is 8. The van der Waals surface area contributed by atoms with Crippen LogP contribution in [0.2, 0.25) is 0 Å². The van der Waals surface area contributed by atoms with Crippen LogP contribution in [0.3, 0.4) is 0 Å². The van der Waals surface area contributed by atoms with E-state index in [4.69, 9.17) is 0 Å². The van der Waals surface area contributed by atoms with E-state index in [1.165, 1.54) is 0 Å². The van der Waals surface area contributed by atoms with E-state index in [0.717, 1.165) is 36.1 Å². The molecule has 1 saturated heterocycles. The maximum absolute atomic E-state index is 12.8. The van der Waals surface area contributed by atoms with Crippen LogP contribution >= 0.6 is 0 Å². The maximum atomic E-state index is 12.8. The highest BCUT2D eigenvalue weighted by Crippen LogP contribution is 2.26. The van der Waals surface area contributed by atoms with Crippen LogP contribution in [0.25, 0.3) is 0 Å². The van der Waals surface area contributed by atoms with Crippen molar-refractivity contribution in [3.63, 3.8) is 0 Å². The topological polar surface area (TPSA) is 66.5 Å². The van der Waals surface area contributed by atoms with Crippen LogP contribution in [0.4, 0.5) is 5.69 Å². The Hall–Kier alpha value is -1.40. The Kier molecular flexibility index (Phi) is 7.65. The number of piperidine rings is 1. The number of unbranched alkanes of at least 4 members (excludes halogenated alkanes) is 1. The van der Waals surface area contributed by atoms with Crippen LogP contribution in [-0.4, -0.2) is 37.5 Å². The van der Waals surface area contributed by atoms with Crippen molar-refractivity contribution in [3.8, 4) is 0 Å². The number of aryl methyl sites for hydroxylation is 2. The molecule has 0 saturated carbocycles. The summed E-state index contributed by atoms with van der Waals surface area (Å²) in [4.78, 5) is 12.8. The molecular formula is C20H32N2O3S. The zero-order chi connectivity index (χ0) is 19.2. The predicted octanol–water partition coefficient (Wildman–Crippen LogP) is 3.59. The molecule has 2 rings (SSSR count). The Labute approximate surface area is 158 Å². The molecule has 1 aromatic rings. The lowest BCUT2D eigenvalue weighted by Crippen LogP contribution is -2.42. The van der Waals surface area contributed by atoms with Gasteiger partial charge in [0.05, 0.1) is 5.75 Å². The van der Waals surface area contributed by atoms with E-state index < -0.39 is 10.0 Å². The highest BCUT2D eigenvalue weighted by atomic mass is 32.2. The monoisotopic (exact) mass is 380 g/mol. The van der Waals surface area contributed by atoms with Crippen LogP contribution in [0, 0.1) is 5.92 Å². The molecule has 1 aliphatic rings. The molecule has 26 heavy (non-hydrogen) atoms. The Morgan fingerprint density at radius 1 is 1.12 bits per heavy atom. The normalized spacial score (nSPS) is 16.6. The third kappa shape index (κ3) is 5.07. The summed E-state index contributed by atoms with van der Waals surface area (Å²) in [7, 11) is -3.17. The Morgan fingerprint density at radius 2 is 1.69 bits per heavy atom. The average molecular weight is 381 g/mol. The largest absolute Gasteiger partial charge is 0.325 e. The predicted molar refractivity (Wildman–Crippen MR) is 107 cm³/mol. The van der Waals surface area contributed by atoms with Crippen molar-refractivity contribution in [3.05, 3.63) is 29.3 Å². The molecule has 5 nitrogen and oxygen atoms in total. The van der Waals surface area contributed by atoms with Gasteiger partial charge in [0.1, 0.15) is 0 Å². The third-order valence-corrected chi connectivity index (χ3v) is 7.18. The fourth-order valence-corrected chi connectivity index (χ4v) is 5.16. The summed E-state index contributed by atoms with van der Waals surface area (Å²) in [5.41, 5.74) is 3.25. The van der Waals surface area contributed by atoms with Gasteiger partial charge in [-0.05, 0) is 43.2 Å². The molecular weight excluding hydrogens is 348 g/mol. The number of nitrogens with zero attached hydrogens (tertiary/aromatic N) is 1. The van der Waals surface area contributed by atoms with Crippen molar-refractivity contribution >= 4 is 21.6 Å². The van der Waals surface area contributed by atoms with Crippen LogP contribution in [-0.2, 0) is 27.7 Å². The van der Waals surface area contributed by atoms with E-state index in [1.54, 1.807) is 4.31 Å². The van der Waals surface area contributed by atoms with E-state index in [1.807, 2.05) is 13.0 Å². The summed E-state index contributed by atoms with van der Waals surface area (Å²) in [5.74, 6) is 0.109. The molecule has 1 aromatic carbocycles. The van der Waals surface area contributed by atoms with Gasteiger partial charge in [-0.15, -0.1) is 0 Å². The van der Waals surface area contributed by atoms with E-state index in [-0.39, 0.29) is 17.6 Å². The van der Waals surface area contributed by atoms with E-state index >= 15 is 0 Å². The number of nitrogens with one attached hydrogen (secondary N) is 1. The molecule has 1 amide bonds. The second kappa shape index (κ2) is 9.51. The number of sulfonamides is 1. The first-order chi connectivity index (χ1) is 12.4. The summed E-state index contributed by atoms with van der Waals surface area (Å²) >= 11 is 0. The number of para-hydroxylation sites is 1. The summed E-state index contributed by atoms with van der Waals surface area (Å²) in [6, 6.07) is 6.14. The number of hydrogen-bond acceptors (Lipinski definition) is 3. The molecule has 0 bridgehead atoms. The van der Waals surface area contributed by atoms with Crippen molar-refractivity contribution in [1.29, 1.82) is 0 Å². The molecule has 0 atom stereocenters. The van der Waals surface area contributed by atoms with Crippen LogP contribution in [0.1, 0.15) is 57.6 Å². The number of amides is 1. The number of anilines is 1. The third-order valence-electron chi connectivity index (χ3n) is 5.22. The van der Waals surface area contributed by atoms with Crippen LogP contribution in [0.15, 0.2) is 18.2 Å². The minimum Gasteiger partial charge on any atom is -0.325 e. The number of carbonyl (C=O) groups excluding carboxylic acids is 1. The van der Waals surface area contributed by atoms with Gasteiger partial charge < -0.3 is 5.32 Å². The lowest BCUT2D eigenvalue weighted by molar-refractivity contribution is -0.120. The maximum Gasteiger partial charge on any atom is 0.227 e. The Morgan fingerprint density at radius 3 is 2.19 bits per heavy atom. The second-order valence-electron chi connectivity index (χ2n) is 6.99. The molecule has 146 valence electrons. The summed E-state index contributed by atoms with van der Waals surface area (Å²) < 4.78 is 26.2. The Bertz CT molecular complexity index is 686. The Balaban J connectivity index is 1.99. The molecule has 1 heterocycles. The number of hydrogen-bond donors (Lipinski definition) is 1. The zero-order valence-electron chi connectivity index (χ0n) is 16.3. The molecule has 0 aliphatic carbocycles. The van der Waals surface area contributed by atoms with E-state index in [0.29, 0.717) is 32.4 Å². The number of carbonyl (C=O) groups is 1. The quantitative estimate of drug-likeness (QED) is 0.749. The van der Waals surface area contributed by atoms with Crippen LogP contribution in [0.5, 0.6) is 0 Å². The smallest absolute Gasteiger partial charge is 0.227 e. The highest BCUT2D eigenvalue weighted by Gasteiger charge is 2.31. The number of benzene rings is 1. The summed E-state index contributed by atoms with van der Waals surface area (Å²) in [6.45, 7) is 7.05. The highest BCUT2D eigenvalue weighted by molar-refractivity contribution is 7.89. The molecule has 1 aliphatic heterocycles. The van der Waals surface area contributed by atoms with Gasteiger partial charge >= 0.3 is 0 Å². The molecule has 0 unspecified atom stereocenters. The van der Waals surface area contributed by atoms with E-state index in [9.17, 15) is 13.2 Å². The summed E-state index contributed by atoms with van der Waals surface area (Å²) in [6.07, 6.45) is 4.49. The van der Waals surface area contributed by atoms with Crippen molar-refractivity contribution in [2.45, 2.75) is 59.3 Å². The standard InChI is InChI=1S/C20H32N2O3S/c1-4-7-15-26(24,25)22-13-11-18(12-14-22)20(23)21-19-16(5-2)9-8-10-17(19)6-3/h8-10,18H,4-7,11-15H2,1-3H3,(H,21,23). The molecule has 6 heteroatoms. The molecule has 1 N–H and O–H groups in total. The molecule has 0 radical (unpaired) electrons. The van der Waals surface area contributed by atoms with Gasteiger partial charge in [0.2, 0.25) is 15.9 Å². The first-order valence-electron chi connectivity index (χ1n) is 9.82. The van der Waals surface area contributed by atoms with Gasteiger partial charge in [-0.3, -0.25) is 4.79 Å². The molecule has 0 aromatic heterocycles.